The summed E-state index contributed by atoms with van der Waals surface area (Å²) in [6.45, 7) is 6.36. The molecule has 0 atom stereocenters. The molecule has 0 aromatic rings. The van der Waals surface area contributed by atoms with Crippen molar-refractivity contribution in [2.24, 2.45) is 0 Å². The molecule has 0 aromatic heterocycles. The molecule has 1 rings (SSSR count). The number of aliphatic hydroxyl groups is 1. The van der Waals surface area contributed by atoms with Gasteiger partial charge in [0.2, 0.25) is 0 Å². The second-order valence-electron chi connectivity index (χ2n) is 2.70. The van der Waals surface area contributed by atoms with Crippen LogP contribution in [0.3, 0.4) is 0 Å². The molecule has 0 unspecified atom stereocenters. The zero-order chi connectivity index (χ0) is 7.40. The molecule has 10 heavy (non-hydrogen) atoms. The van der Waals surface area contributed by atoms with E-state index in [-0.39, 0.29) is 6.61 Å². The lowest BCUT2D eigenvalue weighted by atomic mass is 10.3. The van der Waals surface area contributed by atoms with Gasteiger partial charge in [0.15, 0.2) is 0 Å². The van der Waals surface area contributed by atoms with E-state index < -0.39 is 0 Å². The van der Waals surface area contributed by atoms with Gasteiger partial charge < -0.3 is 10.0 Å². The standard InChI is InChI=1S/C7H15N2O/c1-8-2-4-9(5-3-8)6-7-10/h4,10H,2-3,5-7H2,1H3. The summed E-state index contributed by atoms with van der Waals surface area (Å²) in [7, 11) is 2.10. The van der Waals surface area contributed by atoms with Gasteiger partial charge in [-0.25, -0.2) is 0 Å². The Morgan fingerprint density at radius 3 is 2.80 bits per heavy atom. The van der Waals surface area contributed by atoms with Gasteiger partial charge in [-0.2, -0.15) is 0 Å². The fourth-order valence-electron chi connectivity index (χ4n) is 1.07. The maximum absolute atomic E-state index is 8.61. The van der Waals surface area contributed by atoms with E-state index in [0.717, 1.165) is 26.2 Å². The van der Waals surface area contributed by atoms with Gasteiger partial charge in [0.25, 0.3) is 0 Å². The van der Waals surface area contributed by atoms with Crippen LogP contribution in [0.5, 0.6) is 0 Å². The fourth-order valence-corrected chi connectivity index (χ4v) is 1.07. The van der Waals surface area contributed by atoms with Crippen LogP contribution in [0.1, 0.15) is 0 Å². The molecule has 0 saturated carbocycles. The summed E-state index contributed by atoms with van der Waals surface area (Å²) in [6.07, 6.45) is 0. The van der Waals surface area contributed by atoms with Crippen LogP contribution >= 0.6 is 0 Å². The summed E-state index contributed by atoms with van der Waals surface area (Å²) in [6, 6.07) is 0. The van der Waals surface area contributed by atoms with Gasteiger partial charge in [0, 0.05) is 32.7 Å². The van der Waals surface area contributed by atoms with Crippen LogP contribution in [-0.2, 0) is 0 Å². The maximum atomic E-state index is 8.61. The van der Waals surface area contributed by atoms with Gasteiger partial charge in [-0.15, -0.1) is 0 Å². The molecule has 1 N–H and O–H groups in total. The summed E-state index contributed by atoms with van der Waals surface area (Å²) in [4.78, 5) is 4.42. The van der Waals surface area contributed by atoms with Gasteiger partial charge in [-0.1, -0.05) is 0 Å². The number of piperazine rings is 1. The highest BCUT2D eigenvalue weighted by Crippen LogP contribution is 2.01. The maximum Gasteiger partial charge on any atom is 0.0558 e. The number of hydrogen-bond acceptors (Lipinski definition) is 3. The third kappa shape index (κ3) is 2.25. The third-order valence-electron chi connectivity index (χ3n) is 1.81. The summed E-state index contributed by atoms with van der Waals surface area (Å²) in [5.41, 5.74) is 0. The molecule has 1 heterocycles. The van der Waals surface area contributed by atoms with Crippen molar-refractivity contribution in [1.29, 1.82) is 0 Å². The monoisotopic (exact) mass is 143 g/mol. The first-order valence-corrected chi connectivity index (χ1v) is 3.69. The van der Waals surface area contributed by atoms with Gasteiger partial charge in [-0.05, 0) is 7.05 Å². The molecule has 0 spiro atoms. The smallest absolute Gasteiger partial charge is 0.0558 e. The Labute approximate surface area is 62.2 Å². The molecule has 1 fully saturated rings. The number of hydrogen-bond donors (Lipinski definition) is 1. The van der Waals surface area contributed by atoms with E-state index >= 15 is 0 Å². The largest absolute Gasteiger partial charge is 0.395 e. The Balaban J connectivity index is 2.13. The van der Waals surface area contributed by atoms with Crippen molar-refractivity contribution in [2.45, 2.75) is 0 Å². The lowest BCUT2D eigenvalue weighted by molar-refractivity contribution is 0.162. The van der Waals surface area contributed by atoms with Crippen LogP contribution in [0.15, 0.2) is 0 Å². The minimum Gasteiger partial charge on any atom is -0.395 e. The van der Waals surface area contributed by atoms with Crippen LogP contribution in [0.25, 0.3) is 0 Å². The van der Waals surface area contributed by atoms with Crippen molar-refractivity contribution in [2.75, 3.05) is 39.8 Å². The van der Waals surface area contributed by atoms with E-state index in [9.17, 15) is 0 Å². The number of rotatable bonds is 2. The number of β-amino-alcohol motifs (C(OH)–C–C–N with tert-alkyl or cyclic N) is 1. The highest BCUT2D eigenvalue weighted by Gasteiger charge is 2.12. The zero-order valence-corrected chi connectivity index (χ0v) is 6.45. The Morgan fingerprint density at radius 2 is 2.30 bits per heavy atom. The van der Waals surface area contributed by atoms with Crippen LogP contribution in [0.2, 0.25) is 0 Å². The Bertz CT molecular complexity index is 89.6. The molecule has 0 bridgehead atoms. The summed E-state index contributed by atoms with van der Waals surface area (Å²) in [5.74, 6) is 0. The fraction of sp³-hybridized carbons (Fsp3) is 0.857. The van der Waals surface area contributed by atoms with Gasteiger partial charge >= 0.3 is 0 Å². The number of nitrogens with zero attached hydrogens (tertiary/aromatic N) is 2. The van der Waals surface area contributed by atoms with Crippen LogP contribution in [-0.4, -0.2) is 54.7 Å². The highest BCUT2D eigenvalue weighted by atomic mass is 16.3. The molecule has 0 aliphatic carbocycles. The van der Waals surface area contributed by atoms with Gasteiger partial charge in [0.1, 0.15) is 0 Å². The quantitative estimate of drug-likeness (QED) is 0.558. The van der Waals surface area contributed by atoms with E-state index in [1.54, 1.807) is 0 Å². The Hall–Kier alpha value is -0.120. The van der Waals surface area contributed by atoms with Crippen molar-refractivity contribution in [1.82, 2.24) is 9.80 Å². The Kier molecular flexibility index (Phi) is 3.12. The predicted octanol–water partition coefficient (Wildman–Crippen LogP) is -0.612. The first kappa shape index (κ1) is 7.98. The SMILES string of the molecule is CN1C[CH]N(CCO)CC1. The first-order valence-electron chi connectivity index (χ1n) is 3.69. The molecule has 3 heteroatoms. The lowest BCUT2D eigenvalue weighted by Crippen LogP contribution is -2.42. The van der Waals surface area contributed by atoms with Gasteiger partial charge in [0.05, 0.1) is 6.61 Å². The van der Waals surface area contributed by atoms with Crippen molar-refractivity contribution in [3.63, 3.8) is 0 Å². The van der Waals surface area contributed by atoms with E-state index in [4.69, 9.17) is 5.11 Å². The molecule has 1 radical (unpaired) electrons. The lowest BCUT2D eigenvalue weighted by Gasteiger charge is -2.31. The minimum atomic E-state index is 0.264. The molecular weight excluding hydrogens is 128 g/mol. The van der Waals surface area contributed by atoms with E-state index in [1.165, 1.54) is 0 Å². The summed E-state index contributed by atoms with van der Waals surface area (Å²) < 4.78 is 0. The second-order valence-corrected chi connectivity index (χ2v) is 2.70. The first-order chi connectivity index (χ1) is 4.83. The topological polar surface area (TPSA) is 26.7 Å². The van der Waals surface area contributed by atoms with Crippen LogP contribution < -0.4 is 0 Å². The van der Waals surface area contributed by atoms with Crippen LogP contribution in [0.4, 0.5) is 0 Å². The molecule has 3 nitrogen and oxygen atoms in total. The van der Waals surface area contributed by atoms with Crippen molar-refractivity contribution < 1.29 is 5.11 Å². The number of aliphatic hydroxyl groups excluding tert-OH is 1. The van der Waals surface area contributed by atoms with Crippen molar-refractivity contribution >= 4 is 0 Å². The number of likely N-dealkylation sites (N-methyl/N-ethyl adjacent to an activating group) is 1. The predicted molar refractivity (Wildman–Crippen MR) is 40.5 cm³/mol. The molecule has 59 valence electrons. The zero-order valence-electron chi connectivity index (χ0n) is 6.45. The molecule has 1 aliphatic rings. The van der Waals surface area contributed by atoms with Crippen molar-refractivity contribution in [3.8, 4) is 0 Å². The van der Waals surface area contributed by atoms with Crippen molar-refractivity contribution in [3.05, 3.63) is 6.54 Å². The van der Waals surface area contributed by atoms with E-state index in [1.807, 2.05) is 0 Å². The molecular formula is C7H15N2O. The van der Waals surface area contributed by atoms with E-state index in [0.29, 0.717) is 0 Å². The molecule has 0 amide bonds. The molecule has 0 aromatic carbocycles. The third-order valence-corrected chi connectivity index (χ3v) is 1.81. The minimum absolute atomic E-state index is 0.264. The second kappa shape index (κ2) is 3.91. The molecule has 1 aliphatic heterocycles. The van der Waals surface area contributed by atoms with Gasteiger partial charge in [-0.3, -0.25) is 4.90 Å². The normalized spacial score (nSPS) is 23.4. The van der Waals surface area contributed by atoms with E-state index in [2.05, 4.69) is 23.4 Å². The Morgan fingerprint density at radius 1 is 1.50 bits per heavy atom. The summed E-state index contributed by atoms with van der Waals surface area (Å²) >= 11 is 0. The highest BCUT2D eigenvalue weighted by molar-refractivity contribution is 4.78. The molecule has 1 saturated heterocycles. The summed E-state index contributed by atoms with van der Waals surface area (Å²) in [5, 5.41) is 8.61. The average Bonchev–Trinajstić information content (AvgIpc) is 1.95. The average molecular weight is 143 g/mol. The van der Waals surface area contributed by atoms with Crippen LogP contribution in [0, 0.1) is 6.54 Å².